The minimum atomic E-state index is -0.504. The number of nitrogens with zero attached hydrogens (tertiary/aromatic N) is 1. The lowest BCUT2D eigenvalue weighted by Crippen LogP contribution is -2.28. The van der Waals surface area contributed by atoms with Gasteiger partial charge in [-0.25, -0.2) is 4.99 Å². The number of carbonyl (C=O) groups excluding carboxylic acids is 2. The predicted octanol–water partition coefficient (Wildman–Crippen LogP) is 3.72. The summed E-state index contributed by atoms with van der Waals surface area (Å²) in [5.74, 6) is 0.180. The highest BCUT2D eigenvalue weighted by Crippen LogP contribution is 2.27. The first-order valence-corrected chi connectivity index (χ1v) is 9.66. The maximum atomic E-state index is 12.4. The Morgan fingerprint density at radius 2 is 1.93 bits per heavy atom. The highest BCUT2D eigenvalue weighted by Gasteiger charge is 2.32. The van der Waals surface area contributed by atoms with Crippen molar-refractivity contribution < 1.29 is 14.3 Å². The molecule has 0 aromatic heterocycles. The van der Waals surface area contributed by atoms with E-state index in [0.717, 1.165) is 12.1 Å². The van der Waals surface area contributed by atoms with E-state index in [0.29, 0.717) is 23.2 Å². The zero-order valence-electron chi connectivity index (χ0n) is 15.0. The number of para-hydroxylation sites is 3. The normalized spacial score (nSPS) is 17.6. The van der Waals surface area contributed by atoms with E-state index in [-0.39, 0.29) is 18.2 Å². The SMILES string of the molecule is CCCOc1ccccc1NC(=O)C[C@@H]1SC(=Nc2ccccc2)NC1=O. The molecule has 140 valence electrons. The second-order valence-electron chi connectivity index (χ2n) is 5.95. The van der Waals surface area contributed by atoms with Gasteiger partial charge in [-0.2, -0.15) is 0 Å². The molecule has 1 heterocycles. The molecule has 1 fully saturated rings. The van der Waals surface area contributed by atoms with Crippen LogP contribution in [0, 0.1) is 0 Å². The van der Waals surface area contributed by atoms with E-state index in [2.05, 4.69) is 15.6 Å². The second kappa shape index (κ2) is 9.23. The molecule has 1 saturated heterocycles. The number of ether oxygens (including phenoxy) is 1. The van der Waals surface area contributed by atoms with Crippen LogP contribution in [0.1, 0.15) is 19.8 Å². The Kier molecular flexibility index (Phi) is 6.49. The predicted molar refractivity (Wildman–Crippen MR) is 109 cm³/mol. The van der Waals surface area contributed by atoms with Crippen LogP contribution in [0.4, 0.5) is 11.4 Å². The van der Waals surface area contributed by atoms with Crippen molar-refractivity contribution in [3.05, 3.63) is 54.6 Å². The molecule has 3 rings (SSSR count). The van der Waals surface area contributed by atoms with Crippen molar-refractivity contribution in [2.45, 2.75) is 25.0 Å². The summed E-state index contributed by atoms with van der Waals surface area (Å²) in [6, 6.07) is 16.6. The third-order valence-electron chi connectivity index (χ3n) is 3.76. The van der Waals surface area contributed by atoms with E-state index >= 15 is 0 Å². The monoisotopic (exact) mass is 383 g/mol. The number of amides is 2. The van der Waals surface area contributed by atoms with Crippen LogP contribution in [0.3, 0.4) is 0 Å². The molecular weight excluding hydrogens is 362 g/mol. The van der Waals surface area contributed by atoms with Crippen LogP contribution in [0.2, 0.25) is 0 Å². The van der Waals surface area contributed by atoms with Gasteiger partial charge in [0.05, 0.1) is 18.0 Å². The maximum Gasteiger partial charge on any atom is 0.240 e. The summed E-state index contributed by atoms with van der Waals surface area (Å²) in [7, 11) is 0. The smallest absolute Gasteiger partial charge is 0.240 e. The largest absolute Gasteiger partial charge is 0.491 e. The van der Waals surface area contributed by atoms with E-state index in [1.165, 1.54) is 11.8 Å². The van der Waals surface area contributed by atoms with Crippen molar-refractivity contribution in [3.63, 3.8) is 0 Å². The number of carbonyl (C=O) groups is 2. The Bertz CT molecular complexity index is 839. The number of anilines is 1. The fraction of sp³-hybridized carbons (Fsp3) is 0.250. The van der Waals surface area contributed by atoms with Crippen molar-refractivity contribution in [2.24, 2.45) is 4.99 Å². The molecule has 2 aromatic carbocycles. The van der Waals surface area contributed by atoms with Gasteiger partial charge in [0.15, 0.2) is 5.17 Å². The minimum absolute atomic E-state index is 0.0619. The summed E-state index contributed by atoms with van der Waals surface area (Å²) in [6.45, 7) is 2.60. The molecule has 0 spiro atoms. The van der Waals surface area contributed by atoms with Crippen LogP contribution in [0.25, 0.3) is 0 Å². The van der Waals surface area contributed by atoms with Gasteiger partial charge in [0.2, 0.25) is 11.8 Å². The Balaban J connectivity index is 1.60. The number of thioether (sulfide) groups is 1. The summed E-state index contributed by atoms with van der Waals surface area (Å²) < 4.78 is 5.64. The third-order valence-corrected chi connectivity index (χ3v) is 4.84. The molecule has 2 N–H and O–H groups in total. The minimum Gasteiger partial charge on any atom is -0.491 e. The fourth-order valence-corrected chi connectivity index (χ4v) is 3.48. The average molecular weight is 383 g/mol. The topological polar surface area (TPSA) is 79.8 Å². The molecular formula is C20H21N3O3S. The lowest BCUT2D eigenvalue weighted by Gasteiger charge is -2.12. The molecule has 6 nitrogen and oxygen atoms in total. The number of nitrogens with one attached hydrogen (secondary N) is 2. The van der Waals surface area contributed by atoms with Crippen molar-refractivity contribution in [1.82, 2.24) is 5.32 Å². The first-order chi connectivity index (χ1) is 13.2. The number of hydrogen-bond acceptors (Lipinski definition) is 5. The summed E-state index contributed by atoms with van der Waals surface area (Å²) in [4.78, 5) is 29.0. The molecule has 0 radical (unpaired) electrons. The lowest BCUT2D eigenvalue weighted by molar-refractivity contribution is -0.122. The molecule has 2 aromatic rings. The van der Waals surface area contributed by atoms with E-state index in [1.807, 2.05) is 55.5 Å². The van der Waals surface area contributed by atoms with Gasteiger partial charge in [0.25, 0.3) is 0 Å². The maximum absolute atomic E-state index is 12.4. The molecule has 0 aliphatic carbocycles. The summed E-state index contributed by atoms with van der Waals surface area (Å²) in [5.41, 5.74) is 1.37. The van der Waals surface area contributed by atoms with Gasteiger partial charge >= 0.3 is 0 Å². The number of hydrogen-bond donors (Lipinski definition) is 2. The first-order valence-electron chi connectivity index (χ1n) is 8.78. The molecule has 0 saturated carbocycles. The number of aliphatic imine (C=N–C) groups is 1. The summed E-state index contributed by atoms with van der Waals surface area (Å²) >= 11 is 1.27. The second-order valence-corrected chi connectivity index (χ2v) is 7.14. The van der Waals surface area contributed by atoms with Crippen LogP contribution in [-0.4, -0.2) is 28.8 Å². The van der Waals surface area contributed by atoms with Gasteiger partial charge in [-0.1, -0.05) is 49.0 Å². The quantitative estimate of drug-likeness (QED) is 0.764. The Morgan fingerprint density at radius 3 is 2.70 bits per heavy atom. The lowest BCUT2D eigenvalue weighted by atomic mass is 10.2. The van der Waals surface area contributed by atoms with Gasteiger partial charge in [0.1, 0.15) is 11.0 Å². The van der Waals surface area contributed by atoms with Crippen molar-refractivity contribution >= 4 is 40.1 Å². The molecule has 2 amide bonds. The van der Waals surface area contributed by atoms with Crippen LogP contribution in [-0.2, 0) is 9.59 Å². The van der Waals surface area contributed by atoms with Gasteiger partial charge in [-0.05, 0) is 30.7 Å². The highest BCUT2D eigenvalue weighted by atomic mass is 32.2. The van der Waals surface area contributed by atoms with E-state index in [9.17, 15) is 9.59 Å². The van der Waals surface area contributed by atoms with Crippen LogP contribution in [0.5, 0.6) is 5.75 Å². The Hall–Kier alpha value is -2.80. The number of amidine groups is 1. The van der Waals surface area contributed by atoms with Gasteiger partial charge in [-0.15, -0.1) is 0 Å². The molecule has 0 unspecified atom stereocenters. The van der Waals surface area contributed by atoms with E-state index in [1.54, 1.807) is 6.07 Å². The zero-order chi connectivity index (χ0) is 19.1. The van der Waals surface area contributed by atoms with Crippen LogP contribution in [0.15, 0.2) is 59.6 Å². The average Bonchev–Trinajstić information content (AvgIpc) is 3.00. The molecule has 1 aliphatic heterocycles. The number of rotatable bonds is 7. The molecule has 7 heteroatoms. The highest BCUT2D eigenvalue weighted by molar-refractivity contribution is 8.15. The summed E-state index contributed by atoms with van der Waals surface area (Å²) in [6.07, 6.45) is 0.942. The molecule has 27 heavy (non-hydrogen) atoms. The van der Waals surface area contributed by atoms with Crippen molar-refractivity contribution in [3.8, 4) is 5.75 Å². The zero-order valence-corrected chi connectivity index (χ0v) is 15.8. The van der Waals surface area contributed by atoms with Crippen molar-refractivity contribution in [2.75, 3.05) is 11.9 Å². The summed E-state index contributed by atoms with van der Waals surface area (Å²) in [5, 5.41) is 5.57. The third kappa shape index (κ3) is 5.34. The van der Waals surface area contributed by atoms with E-state index < -0.39 is 5.25 Å². The fourth-order valence-electron chi connectivity index (χ4n) is 2.49. The first kappa shape index (κ1) is 19.0. The number of benzene rings is 2. The Labute approximate surface area is 162 Å². The van der Waals surface area contributed by atoms with Gasteiger partial charge in [0, 0.05) is 6.42 Å². The molecule has 0 bridgehead atoms. The van der Waals surface area contributed by atoms with Crippen LogP contribution >= 0.6 is 11.8 Å². The standard InChI is InChI=1S/C20H21N3O3S/c1-2-12-26-16-11-7-6-10-15(16)22-18(24)13-17-19(25)23-20(27-17)21-14-8-4-3-5-9-14/h3-11,17H,2,12-13H2,1H3,(H,22,24)(H,21,23,25)/t17-/m0/s1. The van der Waals surface area contributed by atoms with E-state index in [4.69, 9.17) is 4.74 Å². The van der Waals surface area contributed by atoms with Crippen molar-refractivity contribution in [1.29, 1.82) is 0 Å². The molecule has 1 atom stereocenters. The van der Waals surface area contributed by atoms with Gasteiger partial charge in [-0.3, -0.25) is 9.59 Å². The Morgan fingerprint density at radius 1 is 1.19 bits per heavy atom. The molecule has 1 aliphatic rings. The van der Waals surface area contributed by atoms with Crippen LogP contribution < -0.4 is 15.4 Å². The van der Waals surface area contributed by atoms with Gasteiger partial charge < -0.3 is 15.4 Å².